The third kappa shape index (κ3) is 7.04. The van der Waals surface area contributed by atoms with Crippen molar-refractivity contribution in [3.8, 4) is 5.75 Å². The molecule has 0 spiro atoms. The van der Waals surface area contributed by atoms with Crippen molar-refractivity contribution in [1.29, 1.82) is 0 Å². The fourth-order valence-electron chi connectivity index (χ4n) is 4.43. The Morgan fingerprint density at radius 2 is 1.74 bits per heavy atom. The SMILES string of the molecule is COC(CC1CN(C(=O)COc2ccc(Cl)cc2)CCN1Cc1ccc(F)cc1)c1ccccc1. The molecule has 2 atom stereocenters. The highest BCUT2D eigenvalue weighted by atomic mass is 35.5. The van der Waals surface area contributed by atoms with Crippen molar-refractivity contribution < 1.29 is 18.7 Å². The van der Waals surface area contributed by atoms with Gasteiger partial charge in [0.25, 0.3) is 5.91 Å². The molecule has 0 aromatic heterocycles. The maximum atomic E-state index is 13.4. The number of carbonyl (C=O) groups is 1. The summed E-state index contributed by atoms with van der Waals surface area (Å²) in [4.78, 5) is 17.2. The first-order valence-electron chi connectivity index (χ1n) is 11.7. The number of benzene rings is 3. The molecule has 0 radical (unpaired) electrons. The van der Waals surface area contributed by atoms with Crippen molar-refractivity contribution in [2.75, 3.05) is 33.4 Å². The Labute approximate surface area is 211 Å². The van der Waals surface area contributed by atoms with Crippen molar-refractivity contribution in [3.05, 3.63) is 101 Å². The van der Waals surface area contributed by atoms with Crippen molar-refractivity contribution in [2.24, 2.45) is 0 Å². The molecule has 1 heterocycles. The topological polar surface area (TPSA) is 42.0 Å². The number of hydrogen-bond acceptors (Lipinski definition) is 4. The molecule has 184 valence electrons. The predicted molar refractivity (Wildman–Crippen MR) is 135 cm³/mol. The Morgan fingerprint density at radius 1 is 1.03 bits per heavy atom. The molecule has 0 aliphatic carbocycles. The lowest BCUT2D eigenvalue weighted by Crippen LogP contribution is -2.55. The molecule has 7 heteroatoms. The number of carbonyl (C=O) groups excluding carboxylic acids is 1. The molecule has 5 nitrogen and oxygen atoms in total. The Balaban J connectivity index is 1.45. The Morgan fingerprint density at radius 3 is 2.43 bits per heavy atom. The molecule has 35 heavy (non-hydrogen) atoms. The van der Waals surface area contributed by atoms with Gasteiger partial charge in [0.15, 0.2) is 6.61 Å². The average Bonchev–Trinajstić information content (AvgIpc) is 2.89. The number of piperazine rings is 1. The Hall–Kier alpha value is -2.93. The second kappa shape index (κ2) is 12.2. The third-order valence-electron chi connectivity index (χ3n) is 6.37. The van der Waals surface area contributed by atoms with E-state index in [1.54, 1.807) is 31.4 Å². The van der Waals surface area contributed by atoms with Crippen LogP contribution in [-0.2, 0) is 16.1 Å². The van der Waals surface area contributed by atoms with Gasteiger partial charge in [-0.3, -0.25) is 9.69 Å². The van der Waals surface area contributed by atoms with E-state index >= 15 is 0 Å². The maximum absolute atomic E-state index is 13.4. The van der Waals surface area contributed by atoms with Crippen LogP contribution in [-0.4, -0.2) is 55.1 Å². The van der Waals surface area contributed by atoms with E-state index in [1.165, 1.54) is 12.1 Å². The minimum atomic E-state index is -0.245. The molecule has 1 aliphatic rings. The number of nitrogens with zero attached hydrogens (tertiary/aromatic N) is 2. The normalized spacial score (nSPS) is 17.2. The number of hydrogen-bond donors (Lipinski definition) is 0. The van der Waals surface area contributed by atoms with Gasteiger partial charge in [-0.15, -0.1) is 0 Å². The maximum Gasteiger partial charge on any atom is 0.260 e. The monoisotopic (exact) mass is 496 g/mol. The van der Waals surface area contributed by atoms with Gasteiger partial charge >= 0.3 is 0 Å². The molecular formula is C28H30ClFN2O3. The van der Waals surface area contributed by atoms with Gasteiger partial charge in [0, 0.05) is 44.4 Å². The standard InChI is InChI=1S/C28H30ClFN2O3/c1-34-27(22-5-3-2-4-6-22)17-25-19-32(28(33)20-35-26-13-9-23(29)10-14-26)16-15-31(25)18-21-7-11-24(30)12-8-21/h2-14,25,27H,15-20H2,1H3. The lowest BCUT2D eigenvalue weighted by atomic mass is 9.98. The summed E-state index contributed by atoms with van der Waals surface area (Å²) in [6, 6.07) is 23.8. The van der Waals surface area contributed by atoms with Crippen LogP contribution in [0.2, 0.25) is 5.02 Å². The van der Waals surface area contributed by atoms with Crippen LogP contribution in [0.4, 0.5) is 4.39 Å². The van der Waals surface area contributed by atoms with Gasteiger partial charge in [0.05, 0.1) is 6.10 Å². The molecule has 0 bridgehead atoms. The molecule has 1 saturated heterocycles. The van der Waals surface area contributed by atoms with Crippen LogP contribution in [0.25, 0.3) is 0 Å². The molecule has 0 saturated carbocycles. The van der Waals surface area contributed by atoms with Gasteiger partial charge in [-0.1, -0.05) is 54.1 Å². The summed E-state index contributed by atoms with van der Waals surface area (Å²) >= 11 is 5.93. The Kier molecular flexibility index (Phi) is 8.74. The van der Waals surface area contributed by atoms with Crippen LogP contribution in [0.1, 0.15) is 23.7 Å². The van der Waals surface area contributed by atoms with Gasteiger partial charge in [0.1, 0.15) is 11.6 Å². The van der Waals surface area contributed by atoms with Crippen molar-refractivity contribution in [1.82, 2.24) is 9.80 Å². The summed E-state index contributed by atoms with van der Waals surface area (Å²) in [6.07, 6.45) is 0.626. The highest BCUT2D eigenvalue weighted by Gasteiger charge is 2.32. The molecular weight excluding hydrogens is 467 g/mol. The minimum absolute atomic E-state index is 0.0291. The molecule has 0 N–H and O–H groups in total. The molecule has 1 aliphatic heterocycles. The Bertz CT molecular complexity index is 1080. The van der Waals surface area contributed by atoms with Gasteiger partial charge in [-0.05, 0) is 53.9 Å². The highest BCUT2D eigenvalue weighted by molar-refractivity contribution is 6.30. The summed E-state index contributed by atoms with van der Waals surface area (Å²) in [5.74, 6) is 0.308. The van der Waals surface area contributed by atoms with Gasteiger partial charge in [-0.25, -0.2) is 4.39 Å². The third-order valence-corrected chi connectivity index (χ3v) is 6.63. The fourth-order valence-corrected chi connectivity index (χ4v) is 4.55. The van der Waals surface area contributed by atoms with Crippen molar-refractivity contribution >= 4 is 17.5 Å². The first-order chi connectivity index (χ1) is 17.0. The van der Waals surface area contributed by atoms with E-state index < -0.39 is 0 Å². The number of rotatable bonds is 9. The first-order valence-corrected chi connectivity index (χ1v) is 12.1. The van der Waals surface area contributed by atoms with Gasteiger partial charge in [-0.2, -0.15) is 0 Å². The number of halogens is 2. The van der Waals surface area contributed by atoms with E-state index in [1.807, 2.05) is 35.2 Å². The van der Waals surface area contributed by atoms with E-state index in [4.69, 9.17) is 21.1 Å². The average molecular weight is 497 g/mol. The van der Waals surface area contributed by atoms with Crippen LogP contribution in [0.5, 0.6) is 5.75 Å². The zero-order valence-electron chi connectivity index (χ0n) is 19.8. The molecule has 3 aromatic carbocycles. The van der Waals surface area contributed by atoms with E-state index in [0.29, 0.717) is 37.0 Å². The minimum Gasteiger partial charge on any atom is -0.484 e. The summed E-state index contributed by atoms with van der Waals surface area (Å²) in [5, 5.41) is 0.620. The lowest BCUT2D eigenvalue weighted by Gasteiger charge is -2.42. The summed E-state index contributed by atoms with van der Waals surface area (Å²) in [5.41, 5.74) is 2.14. The number of ether oxygens (including phenoxy) is 2. The molecule has 1 amide bonds. The van der Waals surface area contributed by atoms with Crippen LogP contribution in [0.3, 0.4) is 0 Å². The van der Waals surface area contributed by atoms with E-state index in [0.717, 1.165) is 17.5 Å². The molecule has 2 unspecified atom stereocenters. The number of amides is 1. The smallest absolute Gasteiger partial charge is 0.260 e. The summed E-state index contributed by atoms with van der Waals surface area (Å²) in [6.45, 7) is 2.53. The molecule has 4 rings (SSSR count). The second-order valence-corrected chi connectivity index (χ2v) is 9.14. The first kappa shape index (κ1) is 25.2. The van der Waals surface area contributed by atoms with Crippen molar-refractivity contribution in [2.45, 2.75) is 25.1 Å². The molecule has 1 fully saturated rings. The van der Waals surface area contributed by atoms with Crippen LogP contribution < -0.4 is 4.74 Å². The zero-order chi connectivity index (χ0) is 24.6. The van der Waals surface area contributed by atoms with E-state index in [2.05, 4.69) is 17.0 Å². The second-order valence-electron chi connectivity index (χ2n) is 8.70. The van der Waals surface area contributed by atoms with E-state index in [9.17, 15) is 9.18 Å². The number of methoxy groups -OCH3 is 1. The fraction of sp³-hybridized carbons (Fsp3) is 0.321. The lowest BCUT2D eigenvalue weighted by molar-refractivity contribution is -0.137. The van der Waals surface area contributed by atoms with Crippen LogP contribution in [0.15, 0.2) is 78.9 Å². The zero-order valence-corrected chi connectivity index (χ0v) is 20.5. The van der Waals surface area contributed by atoms with E-state index in [-0.39, 0.29) is 30.5 Å². The van der Waals surface area contributed by atoms with Gasteiger partial charge in [0.2, 0.25) is 0 Å². The quantitative estimate of drug-likeness (QED) is 0.400. The summed E-state index contributed by atoms with van der Waals surface area (Å²) < 4.78 is 25.0. The predicted octanol–water partition coefficient (Wildman–Crippen LogP) is 5.35. The van der Waals surface area contributed by atoms with Crippen LogP contribution >= 0.6 is 11.6 Å². The largest absolute Gasteiger partial charge is 0.484 e. The van der Waals surface area contributed by atoms with Crippen molar-refractivity contribution in [3.63, 3.8) is 0 Å². The van der Waals surface area contributed by atoms with Gasteiger partial charge < -0.3 is 14.4 Å². The molecule has 3 aromatic rings. The highest BCUT2D eigenvalue weighted by Crippen LogP contribution is 2.27. The van der Waals surface area contributed by atoms with Crippen LogP contribution in [0, 0.1) is 5.82 Å². The summed E-state index contributed by atoms with van der Waals surface area (Å²) in [7, 11) is 1.72.